The van der Waals surface area contributed by atoms with Crippen LogP contribution in [0.3, 0.4) is 0 Å². The average molecular weight is 420 g/mol. The second-order valence-corrected chi connectivity index (χ2v) is 10.2. The summed E-state index contributed by atoms with van der Waals surface area (Å²) in [5, 5.41) is 3.57. The van der Waals surface area contributed by atoms with E-state index in [0.717, 1.165) is 11.4 Å². The zero-order valence-electron chi connectivity index (χ0n) is 16.0. The third kappa shape index (κ3) is 5.33. The third-order valence-corrected chi connectivity index (χ3v) is 7.39. The van der Waals surface area contributed by atoms with E-state index in [9.17, 15) is 13.2 Å². The van der Waals surface area contributed by atoms with Crippen molar-refractivity contribution in [1.29, 1.82) is 0 Å². The van der Waals surface area contributed by atoms with Crippen molar-refractivity contribution in [2.24, 2.45) is 11.8 Å². The molecular weight excluding hydrogens is 394 g/mol. The predicted molar refractivity (Wildman–Crippen MR) is 112 cm³/mol. The summed E-state index contributed by atoms with van der Waals surface area (Å²) in [5.41, 5.74) is 0.575. The van der Waals surface area contributed by atoms with Crippen molar-refractivity contribution in [1.82, 2.24) is 9.29 Å². The highest BCUT2D eigenvalue weighted by Gasteiger charge is 2.31. The lowest BCUT2D eigenvalue weighted by Crippen LogP contribution is -2.42. The molecule has 1 aromatic carbocycles. The summed E-state index contributed by atoms with van der Waals surface area (Å²) in [5.74, 6) is 0.785. The Labute approximate surface area is 170 Å². The maximum atomic E-state index is 12.9. The van der Waals surface area contributed by atoms with Gasteiger partial charge in [0.1, 0.15) is 0 Å². The molecule has 0 radical (unpaired) electrons. The van der Waals surface area contributed by atoms with Gasteiger partial charge >= 0.3 is 0 Å². The average Bonchev–Trinajstić information content (AvgIpc) is 2.67. The molecule has 2 heterocycles. The van der Waals surface area contributed by atoms with Crippen molar-refractivity contribution in [2.75, 3.05) is 24.2 Å². The molecule has 28 heavy (non-hydrogen) atoms. The van der Waals surface area contributed by atoms with E-state index in [-0.39, 0.29) is 16.6 Å². The van der Waals surface area contributed by atoms with E-state index in [4.69, 9.17) is 0 Å². The minimum atomic E-state index is -3.51. The van der Waals surface area contributed by atoms with Crippen LogP contribution in [0.5, 0.6) is 0 Å². The van der Waals surface area contributed by atoms with Crippen molar-refractivity contribution in [2.45, 2.75) is 30.2 Å². The summed E-state index contributed by atoms with van der Waals surface area (Å²) in [7, 11) is -3.51. The molecule has 0 aliphatic carbocycles. The molecule has 0 unspecified atom stereocenters. The molecule has 8 heteroatoms. The summed E-state index contributed by atoms with van der Waals surface area (Å²) in [6, 6.07) is 11.9. The molecule has 1 saturated heterocycles. The number of carbonyl (C=O) groups excluding carboxylic acids is 1. The van der Waals surface area contributed by atoms with Crippen LogP contribution in [0.4, 0.5) is 5.69 Å². The second-order valence-electron chi connectivity index (χ2n) is 7.30. The van der Waals surface area contributed by atoms with E-state index >= 15 is 0 Å². The lowest BCUT2D eigenvalue weighted by molar-refractivity contribution is -0.113. The molecule has 3 rings (SSSR count). The quantitative estimate of drug-likeness (QED) is 0.725. The van der Waals surface area contributed by atoms with Gasteiger partial charge in [-0.3, -0.25) is 4.79 Å². The number of rotatable bonds is 6. The van der Waals surface area contributed by atoms with E-state index in [0.29, 0.717) is 30.6 Å². The molecular formula is C20H25N3O3S2. The van der Waals surface area contributed by atoms with E-state index in [2.05, 4.69) is 24.1 Å². The van der Waals surface area contributed by atoms with Crippen LogP contribution in [0.25, 0.3) is 0 Å². The molecule has 6 nitrogen and oxygen atoms in total. The number of amides is 1. The number of nitrogens with zero attached hydrogens (tertiary/aromatic N) is 2. The van der Waals surface area contributed by atoms with Crippen LogP contribution >= 0.6 is 11.8 Å². The van der Waals surface area contributed by atoms with Gasteiger partial charge in [-0.1, -0.05) is 31.7 Å². The van der Waals surface area contributed by atoms with Crippen LogP contribution in [0, 0.1) is 11.8 Å². The van der Waals surface area contributed by atoms with Crippen LogP contribution in [-0.4, -0.2) is 42.5 Å². The minimum absolute atomic E-state index is 0.162. The molecule has 1 aliphatic heterocycles. The van der Waals surface area contributed by atoms with Crippen LogP contribution in [0.15, 0.2) is 58.6 Å². The number of nitrogens with one attached hydrogen (secondary N) is 1. The Balaban J connectivity index is 1.60. The first-order valence-corrected chi connectivity index (χ1v) is 11.7. The molecule has 0 saturated carbocycles. The summed E-state index contributed by atoms with van der Waals surface area (Å²) >= 11 is 1.35. The number of sulfonamides is 1. The number of hydrogen-bond donors (Lipinski definition) is 1. The SMILES string of the molecule is C[C@@H]1C[C@H](C)CN(S(=O)(=O)c2ccc(NC(=O)CSc3ccccn3)cc2)C1. The number of benzene rings is 1. The van der Waals surface area contributed by atoms with Crippen LogP contribution in [0.1, 0.15) is 20.3 Å². The highest BCUT2D eigenvalue weighted by atomic mass is 32.2. The van der Waals surface area contributed by atoms with E-state index in [1.165, 1.54) is 11.8 Å². The van der Waals surface area contributed by atoms with Crippen LogP contribution < -0.4 is 5.32 Å². The molecule has 2 aromatic rings. The standard InChI is InChI=1S/C20H25N3O3S2/c1-15-11-16(2)13-23(12-15)28(25,26)18-8-6-17(7-9-18)22-19(24)14-27-20-5-3-4-10-21-20/h3-10,15-16H,11-14H2,1-2H3,(H,22,24)/t15-,16+. The topological polar surface area (TPSA) is 79.4 Å². The molecule has 1 N–H and O–H groups in total. The zero-order chi connectivity index (χ0) is 20.1. The molecule has 1 amide bonds. The summed E-state index contributed by atoms with van der Waals surface area (Å²) in [6.45, 7) is 5.27. The van der Waals surface area contributed by atoms with Gasteiger partial charge in [0, 0.05) is 25.0 Å². The number of pyridine rings is 1. The number of hydrogen-bond acceptors (Lipinski definition) is 5. The van der Waals surface area contributed by atoms with Crippen molar-refractivity contribution >= 4 is 33.4 Å². The Morgan fingerprint density at radius 1 is 1.14 bits per heavy atom. The fourth-order valence-electron chi connectivity index (χ4n) is 3.43. The monoisotopic (exact) mass is 419 g/mol. The maximum Gasteiger partial charge on any atom is 0.243 e. The molecule has 0 spiro atoms. The molecule has 1 fully saturated rings. The first-order chi connectivity index (χ1) is 13.3. The van der Waals surface area contributed by atoms with Gasteiger partial charge in [-0.25, -0.2) is 13.4 Å². The summed E-state index contributed by atoms with van der Waals surface area (Å²) < 4.78 is 27.4. The van der Waals surface area contributed by atoms with Gasteiger partial charge in [-0.05, 0) is 54.7 Å². The van der Waals surface area contributed by atoms with Gasteiger partial charge in [-0.15, -0.1) is 0 Å². The van der Waals surface area contributed by atoms with E-state index in [1.807, 2.05) is 18.2 Å². The Kier molecular flexibility index (Phi) is 6.74. The Morgan fingerprint density at radius 3 is 2.43 bits per heavy atom. The van der Waals surface area contributed by atoms with E-state index in [1.54, 1.807) is 34.8 Å². The lowest BCUT2D eigenvalue weighted by Gasteiger charge is -2.34. The van der Waals surface area contributed by atoms with E-state index < -0.39 is 10.0 Å². The van der Waals surface area contributed by atoms with Gasteiger partial charge in [0.2, 0.25) is 15.9 Å². The van der Waals surface area contributed by atoms with Gasteiger partial charge in [0.15, 0.2) is 0 Å². The number of piperidine rings is 1. The Bertz CT molecular complexity index is 892. The van der Waals surface area contributed by atoms with Gasteiger partial charge in [0.25, 0.3) is 0 Å². The Morgan fingerprint density at radius 2 is 1.82 bits per heavy atom. The number of thioether (sulfide) groups is 1. The highest BCUT2D eigenvalue weighted by Crippen LogP contribution is 2.27. The summed E-state index contributed by atoms with van der Waals surface area (Å²) in [6.07, 6.45) is 2.73. The summed E-state index contributed by atoms with van der Waals surface area (Å²) in [4.78, 5) is 16.5. The third-order valence-electron chi connectivity index (χ3n) is 4.60. The molecule has 2 atom stereocenters. The van der Waals surface area contributed by atoms with Crippen molar-refractivity contribution in [3.05, 3.63) is 48.7 Å². The van der Waals surface area contributed by atoms with Crippen LogP contribution in [0.2, 0.25) is 0 Å². The lowest BCUT2D eigenvalue weighted by atomic mass is 9.94. The van der Waals surface area contributed by atoms with Crippen LogP contribution in [-0.2, 0) is 14.8 Å². The Hall–Kier alpha value is -1.90. The maximum absolute atomic E-state index is 12.9. The number of aromatic nitrogens is 1. The van der Waals surface area contributed by atoms with Gasteiger partial charge < -0.3 is 5.32 Å². The predicted octanol–water partition coefficient (Wildman–Crippen LogP) is 3.48. The zero-order valence-corrected chi connectivity index (χ0v) is 17.7. The fraction of sp³-hybridized carbons (Fsp3) is 0.400. The minimum Gasteiger partial charge on any atom is -0.325 e. The largest absolute Gasteiger partial charge is 0.325 e. The van der Waals surface area contributed by atoms with Gasteiger partial charge in [-0.2, -0.15) is 4.31 Å². The molecule has 150 valence electrons. The second kappa shape index (κ2) is 9.07. The fourth-order valence-corrected chi connectivity index (χ4v) is 5.77. The first kappa shape index (κ1) is 20.8. The first-order valence-electron chi connectivity index (χ1n) is 9.28. The highest BCUT2D eigenvalue weighted by molar-refractivity contribution is 7.99. The van der Waals surface area contributed by atoms with Crippen molar-refractivity contribution in [3.63, 3.8) is 0 Å². The normalized spacial score (nSPS) is 20.6. The molecule has 0 bridgehead atoms. The number of carbonyl (C=O) groups is 1. The molecule has 1 aliphatic rings. The molecule has 1 aromatic heterocycles. The van der Waals surface area contributed by atoms with Gasteiger partial charge in [0.05, 0.1) is 15.7 Å². The smallest absolute Gasteiger partial charge is 0.243 e. The van der Waals surface area contributed by atoms with Crippen molar-refractivity contribution < 1.29 is 13.2 Å². The number of anilines is 1. The van der Waals surface area contributed by atoms with Crippen molar-refractivity contribution in [3.8, 4) is 0 Å².